The number of carbonyl (C=O) groups is 1. The van der Waals surface area contributed by atoms with Gasteiger partial charge in [-0.15, -0.1) is 24.8 Å². The van der Waals surface area contributed by atoms with E-state index in [9.17, 15) is 9.59 Å². The topological polar surface area (TPSA) is 86.2 Å². The Balaban J connectivity index is 0.00000120. The van der Waals surface area contributed by atoms with Gasteiger partial charge in [-0.2, -0.15) is 0 Å². The van der Waals surface area contributed by atoms with Crippen molar-refractivity contribution in [3.05, 3.63) is 40.6 Å². The van der Waals surface area contributed by atoms with Crippen molar-refractivity contribution < 1.29 is 4.79 Å². The molecule has 2 fully saturated rings. The van der Waals surface area contributed by atoms with Gasteiger partial charge >= 0.3 is 0 Å². The van der Waals surface area contributed by atoms with Crippen molar-refractivity contribution >= 4 is 30.7 Å². The SMILES string of the molecule is Cl.Cl.Cn1ccnc1-c1ccc2n(c1=O)C[C@H]1C[C@@H]2CN(C(=O)C2(N)CCC2)C1. The minimum absolute atomic E-state index is 0. The number of hydrogen-bond donors (Lipinski definition) is 1. The van der Waals surface area contributed by atoms with Crippen LogP contribution in [-0.4, -0.2) is 43.6 Å². The molecule has 2 aromatic heterocycles. The molecule has 4 heterocycles. The smallest absolute Gasteiger partial charge is 0.261 e. The number of hydrogen-bond acceptors (Lipinski definition) is 4. The lowest BCUT2D eigenvalue weighted by Gasteiger charge is -2.47. The standard InChI is InChI=1S/C20H25N5O2.2ClH/c1-23-8-7-22-17(23)15-3-4-16-14-9-13(11-25(16)18(15)26)10-24(12-14)19(27)20(21)5-2-6-20;;/h3-4,7-8,13-14H,2,5-6,9-12,21H2,1H3;2*1H/t13-,14+;;/m0../s1. The summed E-state index contributed by atoms with van der Waals surface area (Å²) >= 11 is 0. The quantitative estimate of drug-likeness (QED) is 0.773. The van der Waals surface area contributed by atoms with Crippen LogP contribution in [0.2, 0.25) is 0 Å². The monoisotopic (exact) mass is 439 g/mol. The first kappa shape index (κ1) is 21.9. The average molecular weight is 440 g/mol. The van der Waals surface area contributed by atoms with Crippen LogP contribution < -0.4 is 11.3 Å². The number of fused-ring (bicyclic) bond motifs is 4. The maximum atomic E-state index is 13.1. The molecule has 0 aromatic carbocycles. The number of likely N-dealkylation sites (tertiary alicyclic amines) is 1. The summed E-state index contributed by atoms with van der Waals surface area (Å²) < 4.78 is 3.78. The maximum absolute atomic E-state index is 13.1. The van der Waals surface area contributed by atoms with Gasteiger partial charge in [-0.1, -0.05) is 0 Å². The molecule has 0 spiro atoms. The van der Waals surface area contributed by atoms with Gasteiger partial charge in [0.2, 0.25) is 5.91 Å². The van der Waals surface area contributed by atoms with Crippen LogP contribution in [-0.2, 0) is 18.4 Å². The van der Waals surface area contributed by atoms with E-state index in [0.29, 0.717) is 36.9 Å². The summed E-state index contributed by atoms with van der Waals surface area (Å²) in [6.45, 7) is 2.02. The lowest BCUT2D eigenvalue weighted by molar-refractivity contribution is -0.143. The normalized spacial score (nSPS) is 23.9. The van der Waals surface area contributed by atoms with Crippen molar-refractivity contribution in [2.45, 2.75) is 43.7 Å². The Kier molecular flexibility index (Phi) is 5.87. The number of imidazole rings is 1. The molecule has 29 heavy (non-hydrogen) atoms. The zero-order valence-corrected chi connectivity index (χ0v) is 18.0. The summed E-state index contributed by atoms with van der Waals surface area (Å²) in [5, 5.41) is 0. The van der Waals surface area contributed by atoms with E-state index in [1.54, 1.807) is 6.20 Å². The Morgan fingerprint density at radius 3 is 2.59 bits per heavy atom. The molecule has 158 valence electrons. The number of pyridine rings is 1. The second-order valence-electron chi connectivity index (χ2n) is 8.47. The van der Waals surface area contributed by atoms with Crippen LogP contribution in [0, 0.1) is 5.92 Å². The largest absolute Gasteiger partial charge is 0.340 e. The number of amides is 1. The van der Waals surface area contributed by atoms with Crippen molar-refractivity contribution in [1.29, 1.82) is 0 Å². The van der Waals surface area contributed by atoms with Gasteiger partial charge in [0.05, 0.1) is 11.1 Å². The number of aryl methyl sites for hydroxylation is 1. The number of carbonyl (C=O) groups excluding carboxylic acids is 1. The van der Waals surface area contributed by atoms with Gasteiger partial charge in [-0.3, -0.25) is 9.59 Å². The first-order valence-corrected chi connectivity index (χ1v) is 9.76. The molecule has 1 saturated carbocycles. The van der Waals surface area contributed by atoms with Gasteiger partial charge in [0.25, 0.3) is 5.56 Å². The minimum atomic E-state index is -0.645. The molecule has 1 saturated heterocycles. The summed E-state index contributed by atoms with van der Waals surface area (Å²) in [5.41, 5.74) is 7.32. The van der Waals surface area contributed by atoms with Crippen LogP contribution in [0.3, 0.4) is 0 Å². The highest BCUT2D eigenvalue weighted by Crippen LogP contribution is 2.38. The molecule has 1 amide bonds. The van der Waals surface area contributed by atoms with Crippen LogP contribution in [0.25, 0.3) is 11.4 Å². The highest BCUT2D eigenvalue weighted by Gasteiger charge is 2.46. The van der Waals surface area contributed by atoms with E-state index in [1.165, 1.54) is 0 Å². The molecule has 0 radical (unpaired) electrons. The lowest BCUT2D eigenvalue weighted by Crippen LogP contribution is -2.62. The molecular formula is C20H27Cl2N5O2. The fourth-order valence-electron chi connectivity index (χ4n) is 4.99. The number of rotatable bonds is 2. The number of nitrogens with zero attached hydrogens (tertiary/aromatic N) is 4. The lowest BCUT2D eigenvalue weighted by atomic mass is 9.75. The summed E-state index contributed by atoms with van der Waals surface area (Å²) in [6.07, 6.45) is 7.21. The van der Waals surface area contributed by atoms with E-state index < -0.39 is 5.54 Å². The summed E-state index contributed by atoms with van der Waals surface area (Å²) in [7, 11) is 1.90. The molecule has 2 bridgehead atoms. The molecule has 3 aliphatic rings. The van der Waals surface area contributed by atoms with Gasteiger partial charge in [0.1, 0.15) is 5.82 Å². The highest BCUT2D eigenvalue weighted by atomic mass is 35.5. The Morgan fingerprint density at radius 1 is 1.21 bits per heavy atom. The molecular weight excluding hydrogens is 413 g/mol. The van der Waals surface area contributed by atoms with E-state index in [1.807, 2.05) is 39.4 Å². The Hall–Kier alpha value is -1.83. The minimum Gasteiger partial charge on any atom is -0.340 e. The number of nitrogens with two attached hydrogens (primary N) is 1. The molecule has 2 N–H and O–H groups in total. The summed E-state index contributed by atoms with van der Waals surface area (Å²) in [5.74, 6) is 1.30. The third-order valence-electron chi connectivity index (χ3n) is 6.63. The van der Waals surface area contributed by atoms with Crippen molar-refractivity contribution in [1.82, 2.24) is 19.0 Å². The molecule has 7 nitrogen and oxygen atoms in total. The molecule has 5 rings (SSSR count). The van der Waals surface area contributed by atoms with Crippen LogP contribution in [0.4, 0.5) is 0 Å². The number of aromatic nitrogens is 3. The van der Waals surface area contributed by atoms with Crippen molar-refractivity contribution in [3.8, 4) is 11.4 Å². The zero-order chi connectivity index (χ0) is 18.8. The van der Waals surface area contributed by atoms with Gasteiger partial charge in [0.15, 0.2) is 0 Å². The summed E-state index contributed by atoms with van der Waals surface area (Å²) in [6, 6.07) is 3.93. The van der Waals surface area contributed by atoms with Crippen LogP contribution in [0.5, 0.6) is 0 Å². The third-order valence-corrected chi connectivity index (χ3v) is 6.63. The Morgan fingerprint density at radius 2 is 1.97 bits per heavy atom. The predicted octanol–water partition coefficient (Wildman–Crippen LogP) is 1.92. The van der Waals surface area contributed by atoms with Gasteiger partial charge in [-0.05, 0) is 43.7 Å². The Bertz CT molecular complexity index is 981. The number of piperidine rings is 1. The fraction of sp³-hybridized carbons (Fsp3) is 0.550. The van der Waals surface area contributed by atoms with Crippen molar-refractivity contribution in [2.75, 3.05) is 13.1 Å². The van der Waals surface area contributed by atoms with Gasteiger partial charge in [-0.25, -0.2) is 4.98 Å². The second-order valence-corrected chi connectivity index (χ2v) is 8.47. The van der Waals surface area contributed by atoms with E-state index in [0.717, 1.165) is 31.4 Å². The van der Waals surface area contributed by atoms with Gasteiger partial charge in [0, 0.05) is 50.7 Å². The number of halogens is 2. The van der Waals surface area contributed by atoms with Crippen molar-refractivity contribution in [2.24, 2.45) is 18.7 Å². The average Bonchev–Trinajstić information content (AvgIpc) is 3.05. The van der Waals surface area contributed by atoms with E-state index >= 15 is 0 Å². The highest BCUT2D eigenvalue weighted by molar-refractivity contribution is 5.87. The maximum Gasteiger partial charge on any atom is 0.261 e. The van der Waals surface area contributed by atoms with E-state index in [2.05, 4.69) is 4.98 Å². The first-order chi connectivity index (χ1) is 13.0. The Labute approximate surface area is 182 Å². The third kappa shape index (κ3) is 3.39. The molecule has 9 heteroatoms. The molecule has 0 unspecified atom stereocenters. The molecule has 2 aromatic rings. The van der Waals surface area contributed by atoms with Crippen molar-refractivity contribution in [3.63, 3.8) is 0 Å². The van der Waals surface area contributed by atoms with Crippen LogP contribution in [0.1, 0.15) is 37.3 Å². The van der Waals surface area contributed by atoms with E-state index in [4.69, 9.17) is 5.73 Å². The van der Waals surface area contributed by atoms with Gasteiger partial charge < -0.3 is 19.8 Å². The molecule has 2 aliphatic heterocycles. The first-order valence-electron chi connectivity index (χ1n) is 9.76. The predicted molar refractivity (Wildman–Crippen MR) is 116 cm³/mol. The molecule has 2 atom stereocenters. The van der Waals surface area contributed by atoms with E-state index in [-0.39, 0.29) is 42.2 Å². The summed E-state index contributed by atoms with van der Waals surface area (Å²) in [4.78, 5) is 32.3. The molecule has 1 aliphatic carbocycles. The fourth-order valence-corrected chi connectivity index (χ4v) is 4.99. The van der Waals surface area contributed by atoms with Crippen LogP contribution in [0.15, 0.2) is 29.3 Å². The second kappa shape index (κ2) is 7.78. The van der Waals surface area contributed by atoms with Crippen LogP contribution >= 0.6 is 24.8 Å². The zero-order valence-electron chi connectivity index (χ0n) is 16.4.